The van der Waals surface area contributed by atoms with Gasteiger partial charge in [-0.3, -0.25) is 4.57 Å². The van der Waals surface area contributed by atoms with Crippen LogP contribution in [0.3, 0.4) is 0 Å². The lowest BCUT2D eigenvalue weighted by Crippen LogP contribution is -2.35. The van der Waals surface area contributed by atoms with Crippen LogP contribution in [0.1, 0.15) is 32.6 Å². The Balaban J connectivity index is 1.61. The standard InChI is InChI=1S/C18H22ClN9O2/c1-2-3-4-7-27-15-12(24-17(19)25-15)16(29)28(18(27)30)8-5-6-26-10-23-11-13(20)21-9-22-14(11)26/h9-10,29H,2-8H2,1H3,(H2,20,21,22)/p-1. The molecule has 0 saturated heterocycles. The number of hydrogen-bond acceptors (Lipinski definition) is 8. The van der Waals surface area contributed by atoms with Crippen LogP contribution in [-0.2, 0) is 19.6 Å². The zero-order valence-corrected chi connectivity index (χ0v) is 17.2. The van der Waals surface area contributed by atoms with Crippen LogP contribution in [-0.4, -0.2) is 38.6 Å². The summed E-state index contributed by atoms with van der Waals surface area (Å²) in [6.07, 6.45) is 6.28. The molecular formula is C18H21ClN9O2-. The van der Waals surface area contributed by atoms with Crippen molar-refractivity contribution in [1.29, 1.82) is 0 Å². The SMILES string of the molecule is CCCCCn1c2nc(Cl)nc-2c([O-])n(CCCn2cnc3c(N)ncnc32)c1=O. The molecule has 0 unspecified atom stereocenters. The van der Waals surface area contributed by atoms with Gasteiger partial charge in [0.15, 0.2) is 17.3 Å². The van der Waals surface area contributed by atoms with Crippen LogP contribution in [0.5, 0.6) is 5.88 Å². The van der Waals surface area contributed by atoms with Crippen molar-refractivity contribution in [3.05, 3.63) is 28.4 Å². The number of hydrogen-bond donors (Lipinski definition) is 1. The molecule has 4 rings (SSSR count). The van der Waals surface area contributed by atoms with E-state index in [1.165, 1.54) is 15.5 Å². The third-order valence-electron chi connectivity index (χ3n) is 4.97. The van der Waals surface area contributed by atoms with Gasteiger partial charge in [-0.2, -0.15) is 4.98 Å². The third kappa shape index (κ3) is 3.56. The molecule has 0 aliphatic carbocycles. The topological polar surface area (TPSA) is 145 Å². The number of halogens is 1. The maximum Gasteiger partial charge on any atom is 0.329 e. The molecular weight excluding hydrogens is 410 g/mol. The van der Waals surface area contributed by atoms with Crippen LogP contribution in [0.25, 0.3) is 22.7 Å². The van der Waals surface area contributed by atoms with Crippen molar-refractivity contribution in [2.24, 2.45) is 0 Å². The number of nitrogen functional groups attached to an aromatic ring is 1. The maximum absolute atomic E-state index is 13.0. The Morgan fingerprint density at radius 2 is 1.87 bits per heavy atom. The second kappa shape index (κ2) is 8.27. The van der Waals surface area contributed by atoms with Crippen LogP contribution in [0.2, 0.25) is 5.28 Å². The molecule has 0 bridgehead atoms. The van der Waals surface area contributed by atoms with E-state index in [1.54, 1.807) is 6.33 Å². The Kier molecular flexibility index (Phi) is 5.53. The Labute approximate surface area is 176 Å². The van der Waals surface area contributed by atoms with E-state index in [0.717, 1.165) is 19.3 Å². The van der Waals surface area contributed by atoms with Gasteiger partial charge in [-0.15, -0.1) is 0 Å². The summed E-state index contributed by atoms with van der Waals surface area (Å²) in [5, 5.41) is 12.8. The summed E-state index contributed by atoms with van der Waals surface area (Å²) in [6.45, 7) is 3.25. The van der Waals surface area contributed by atoms with Gasteiger partial charge < -0.3 is 20.0 Å². The maximum atomic E-state index is 13.0. The number of imidazole rings is 2. The van der Waals surface area contributed by atoms with Crippen molar-refractivity contribution in [1.82, 2.24) is 38.6 Å². The van der Waals surface area contributed by atoms with Gasteiger partial charge in [0.05, 0.1) is 6.33 Å². The highest BCUT2D eigenvalue weighted by atomic mass is 35.5. The van der Waals surface area contributed by atoms with Gasteiger partial charge in [0, 0.05) is 19.6 Å². The normalized spacial score (nSPS) is 11.7. The van der Waals surface area contributed by atoms with Gasteiger partial charge in [-0.25, -0.2) is 24.7 Å². The number of nitrogens with two attached hydrogens (primary N) is 1. The number of aryl methyl sites for hydroxylation is 1. The Hall–Kier alpha value is -3.21. The van der Waals surface area contributed by atoms with E-state index in [-0.39, 0.29) is 23.3 Å². The first-order valence-electron chi connectivity index (χ1n) is 9.76. The Morgan fingerprint density at radius 3 is 2.67 bits per heavy atom. The van der Waals surface area contributed by atoms with E-state index in [0.29, 0.717) is 36.5 Å². The number of unbranched alkanes of at least 4 members (excludes halogenated alkanes) is 2. The molecule has 0 aromatic carbocycles. The molecule has 30 heavy (non-hydrogen) atoms. The van der Waals surface area contributed by atoms with E-state index >= 15 is 0 Å². The van der Waals surface area contributed by atoms with Crippen molar-refractivity contribution >= 4 is 28.6 Å². The van der Waals surface area contributed by atoms with Crippen molar-refractivity contribution in [2.45, 2.75) is 52.2 Å². The van der Waals surface area contributed by atoms with E-state index in [9.17, 15) is 9.90 Å². The summed E-state index contributed by atoms with van der Waals surface area (Å²) in [6, 6.07) is 0. The molecule has 0 fully saturated rings. The smallest absolute Gasteiger partial charge is 0.329 e. The second-order valence-electron chi connectivity index (χ2n) is 6.99. The second-order valence-corrected chi connectivity index (χ2v) is 7.32. The minimum atomic E-state index is -0.483. The van der Waals surface area contributed by atoms with Gasteiger partial charge in [0.2, 0.25) is 5.28 Å². The highest BCUT2D eigenvalue weighted by Crippen LogP contribution is 2.27. The minimum Gasteiger partial charge on any atom is -0.858 e. The van der Waals surface area contributed by atoms with Crippen molar-refractivity contribution in [3.63, 3.8) is 0 Å². The van der Waals surface area contributed by atoms with Gasteiger partial charge in [-0.1, -0.05) is 19.8 Å². The fourth-order valence-corrected chi connectivity index (χ4v) is 3.64. The molecule has 11 nitrogen and oxygen atoms in total. The van der Waals surface area contributed by atoms with Crippen LogP contribution in [0.15, 0.2) is 17.4 Å². The fourth-order valence-electron chi connectivity index (χ4n) is 3.47. The van der Waals surface area contributed by atoms with Crippen molar-refractivity contribution < 1.29 is 5.11 Å². The van der Waals surface area contributed by atoms with Crippen LogP contribution < -0.4 is 16.5 Å². The number of fused-ring (bicyclic) bond motifs is 2. The van der Waals surface area contributed by atoms with Gasteiger partial charge in [0.1, 0.15) is 17.5 Å². The average Bonchev–Trinajstić information content (AvgIpc) is 3.32. The van der Waals surface area contributed by atoms with Gasteiger partial charge in [0.25, 0.3) is 0 Å². The molecule has 2 N–H and O–H groups in total. The Morgan fingerprint density at radius 1 is 1.07 bits per heavy atom. The zero-order chi connectivity index (χ0) is 21.3. The average molecular weight is 431 g/mol. The van der Waals surface area contributed by atoms with Crippen molar-refractivity contribution in [3.8, 4) is 17.4 Å². The number of aromatic nitrogens is 8. The predicted octanol–water partition coefficient (Wildman–Crippen LogP) is 1.27. The molecule has 0 radical (unpaired) electrons. The third-order valence-corrected chi connectivity index (χ3v) is 5.14. The van der Waals surface area contributed by atoms with Gasteiger partial charge >= 0.3 is 5.69 Å². The lowest BCUT2D eigenvalue weighted by molar-refractivity contribution is -0.279. The monoisotopic (exact) mass is 430 g/mol. The first-order valence-corrected chi connectivity index (χ1v) is 10.1. The summed E-state index contributed by atoms with van der Waals surface area (Å²) >= 11 is 5.91. The van der Waals surface area contributed by atoms with Crippen LogP contribution in [0.4, 0.5) is 5.82 Å². The summed E-state index contributed by atoms with van der Waals surface area (Å²) in [7, 11) is 0. The van der Waals surface area contributed by atoms with Crippen molar-refractivity contribution in [2.75, 3.05) is 5.73 Å². The molecule has 0 atom stereocenters. The summed E-state index contributed by atoms with van der Waals surface area (Å²) in [4.78, 5) is 33.5. The molecule has 12 heteroatoms. The summed E-state index contributed by atoms with van der Waals surface area (Å²) in [5.41, 5.74) is 6.66. The largest absolute Gasteiger partial charge is 0.858 e. The van der Waals surface area contributed by atoms with Crippen LogP contribution in [0, 0.1) is 0 Å². The molecule has 0 saturated carbocycles. The lowest BCUT2D eigenvalue weighted by Gasteiger charge is -2.22. The number of nitrogens with zero attached hydrogens (tertiary/aromatic N) is 8. The fraction of sp³-hybridized carbons (Fsp3) is 0.444. The molecule has 2 aromatic rings. The molecule has 2 aliphatic rings. The predicted molar refractivity (Wildman–Crippen MR) is 109 cm³/mol. The number of rotatable bonds is 8. The molecule has 4 heterocycles. The Bertz CT molecular complexity index is 1210. The highest BCUT2D eigenvalue weighted by molar-refractivity contribution is 6.28. The zero-order valence-electron chi connectivity index (χ0n) is 16.5. The molecule has 0 amide bonds. The molecule has 2 aliphatic heterocycles. The quantitative estimate of drug-likeness (QED) is 0.325. The van der Waals surface area contributed by atoms with E-state index in [4.69, 9.17) is 17.3 Å². The molecule has 158 valence electrons. The van der Waals surface area contributed by atoms with E-state index in [1.807, 2.05) is 4.57 Å². The minimum absolute atomic E-state index is 0.0364. The van der Waals surface area contributed by atoms with Crippen LogP contribution >= 0.6 is 11.6 Å². The van der Waals surface area contributed by atoms with E-state index < -0.39 is 11.6 Å². The first-order chi connectivity index (χ1) is 14.5. The highest BCUT2D eigenvalue weighted by Gasteiger charge is 2.20. The summed E-state index contributed by atoms with van der Waals surface area (Å²) in [5.74, 6) is 0.0698. The molecule has 2 aromatic heterocycles. The lowest BCUT2D eigenvalue weighted by atomic mass is 10.2. The first kappa shape index (κ1) is 20.1. The number of anilines is 1. The molecule has 0 spiro atoms. The van der Waals surface area contributed by atoms with Gasteiger partial charge in [-0.05, 0) is 30.3 Å². The summed E-state index contributed by atoms with van der Waals surface area (Å²) < 4.78 is 4.50. The van der Waals surface area contributed by atoms with E-state index in [2.05, 4.69) is 31.8 Å².